The maximum absolute atomic E-state index is 12.5. The lowest BCUT2D eigenvalue weighted by atomic mass is 10.2. The van der Waals surface area contributed by atoms with Crippen molar-refractivity contribution in [3.05, 3.63) is 34.8 Å². The van der Waals surface area contributed by atoms with Crippen LogP contribution >= 0.6 is 0 Å². The van der Waals surface area contributed by atoms with Gasteiger partial charge in [-0.3, -0.25) is 4.79 Å². The predicted octanol–water partition coefficient (Wildman–Crippen LogP) is 1.12. The lowest BCUT2D eigenvalue weighted by Gasteiger charge is -2.11. The normalized spacial score (nSPS) is 10.4. The molecule has 2 rings (SSSR count). The summed E-state index contributed by atoms with van der Waals surface area (Å²) in [7, 11) is 2.61. The zero-order valence-corrected chi connectivity index (χ0v) is 13.0. The number of ether oxygens (including phenoxy) is 3. The van der Waals surface area contributed by atoms with Crippen LogP contribution in [0.4, 0.5) is 0 Å². The van der Waals surface area contributed by atoms with Crippen LogP contribution in [0.1, 0.15) is 29.5 Å². The Bertz CT molecular complexity index is 759. The molecule has 0 radical (unpaired) electrons. The van der Waals surface area contributed by atoms with Crippen LogP contribution in [0.3, 0.4) is 0 Å². The Morgan fingerprint density at radius 3 is 2.65 bits per heavy atom. The number of rotatable bonds is 5. The molecule has 0 saturated carbocycles. The van der Waals surface area contributed by atoms with Crippen LogP contribution < -0.4 is 9.47 Å². The van der Waals surface area contributed by atoms with E-state index in [1.54, 1.807) is 19.1 Å². The van der Waals surface area contributed by atoms with E-state index in [0.717, 1.165) is 7.11 Å². The van der Waals surface area contributed by atoms with E-state index in [1.807, 2.05) is 0 Å². The Morgan fingerprint density at radius 2 is 2.04 bits per heavy atom. The van der Waals surface area contributed by atoms with E-state index in [4.69, 9.17) is 9.47 Å². The highest BCUT2D eigenvalue weighted by Crippen LogP contribution is 2.19. The number of methoxy groups -OCH3 is 2. The number of carbonyl (C=O) groups is 2. The third-order valence-electron chi connectivity index (χ3n) is 3.17. The monoisotopic (exact) mass is 320 g/mol. The van der Waals surface area contributed by atoms with Gasteiger partial charge in [0.05, 0.1) is 20.3 Å². The molecule has 0 aliphatic carbocycles. The van der Waals surface area contributed by atoms with Crippen molar-refractivity contribution in [2.75, 3.05) is 14.2 Å². The van der Waals surface area contributed by atoms with Gasteiger partial charge in [-0.2, -0.15) is 4.73 Å². The van der Waals surface area contributed by atoms with Gasteiger partial charge in [0, 0.05) is 6.42 Å². The van der Waals surface area contributed by atoms with Crippen molar-refractivity contribution in [3.8, 4) is 5.75 Å². The molecular formula is C15H16N2O6. The largest absolute Gasteiger partial charge is 0.618 e. The van der Waals surface area contributed by atoms with Crippen LogP contribution in [0.2, 0.25) is 0 Å². The number of nitrogens with zero attached hydrogens (tertiary/aromatic N) is 2. The third-order valence-corrected chi connectivity index (χ3v) is 3.17. The number of fused-ring (bicyclic) bond motifs is 1. The minimum absolute atomic E-state index is 0.0336. The predicted molar refractivity (Wildman–Crippen MR) is 78.7 cm³/mol. The fourth-order valence-electron chi connectivity index (χ4n) is 1.97. The molecule has 23 heavy (non-hydrogen) atoms. The smallest absolute Gasteiger partial charge is 0.406 e. The maximum atomic E-state index is 12.5. The molecule has 0 bridgehead atoms. The number of hydrogen-bond acceptors (Lipinski definition) is 7. The zero-order chi connectivity index (χ0) is 17.0. The Balaban J connectivity index is 2.59. The maximum Gasteiger partial charge on any atom is 0.406 e. The third kappa shape index (κ3) is 3.31. The number of benzene rings is 1. The van der Waals surface area contributed by atoms with Crippen molar-refractivity contribution < 1.29 is 28.5 Å². The molecule has 0 atom stereocenters. The second kappa shape index (κ2) is 6.91. The highest BCUT2D eigenvalue weighted by Gasteiger charge is 2.28. The first-order chi connectivity index (χ1) is 11.0. The molecule has 0 N–H and O–H groups in total. The lowest BCUT2D eigenvalue weighted by molar-refractivity contribution is -0.581. The van der Waals surface area contributed by atoms with Crippen molar-refractivity contribution in [1.82, 2.24) is 4.98 Å². The Kier molecular flexibility index (Phi) is 4.95. The van der Waals surface area contributed by atoms with Crippen LogP contribution in [-0.4, -0.2) is 31.1 Å². The highest BCUT2D eigenvalue weighted by molar-refractivity contribution is 5.88. The van der Waals surface area contributed by atoms with Gasteiger partial charge in [-0.05, 0) is 12.1 Å². The van der Waals surface area contributed by atoms with Gasteiger partial charge < -0.3 is 19.4 Å². The SMILES string of the molecule is CCC(=O)OCc1nc2ccc(OC)cc2[n+]([O-])c1C(=O)OC. The summed E-state index contributed by atoms with van der Waals surface area (Å²) in [5.74, 6) is -0.875. The van der Waals surface area contributed by atoms with E-state index in [-0.39, 0.29) is 29.9 Å². The quantitative estimate of drug-likeness (QED) is 0.462. The molecule has 0 aliphatic rings. The standard InChI is InChI=1S/C15H16N2O6/c1-4-13(18)23-8-11-14(15(19)22-3)17(20)12-7-9(21-2)5-6-10(12)16-11/h5-7H,4,8H2,1-3H3. The molecule has 122 valence electrons. The number of hydrogen-bond donors (Lipinski definition) is 0. The molecule has 1 aromatic carbocycles. The molecule has 0 spiro atoms. The summed E-state index contributed by atoms with van der Waals surface area (Å²) >= 11 is 0. The second-order valence-electron chi connectivity index (χ2n) is 4.56. The summed E-state index contributed by atoms with van der Waals surface area (Å²) in [4.78, 5) is 27.4. The summed E-state index contributed by atoms with van der Waals surface area (Å²) < 4.78 is 15.1. The molecule has 2 aromatic rings. The first-order valence-electron chi connectivity index (χ1n) is 6.86. The van der Waals surface area contributed by atoms with Gasteiger partial charge in [0.25, 0.3) is 0 Å². The van der Waals surface area contributed by atoms with Crippen molar-refractivity contribution >= 4 is 23.0 Å². The minimum Gasteiger partial charge on any atom is -0.618 e. The number of esters is 2. The fourth-order valence-corrected chi connectivity index (χ4v) is 1.97. The van der Waals surface area contributed by atoms with Crippen molar-refractivity contribution in [2.24, 2.45) is 0 Å². The summed E-state index contributed by atoms with van der Waals surface area (Å²) in [6.45, 7) is 1.35. The van der Waals surface area contributed by atoms with Gasteiger partial charge in [0.2, 0.25) is 5.52 Å². The van der Waals surface area contributed by atoms with Crippen LogP contribution in [0.15, 0.2) is 18.2 Å². The Labute approximate surface area is 132 Å². The molecule has 0 aliphatic heterocycles. The molecule has 8 nitrogen and oxygen atoms in total. The van der Waals surface area contributed by atoms with Gasteiger partial charge in [-0.15, -0.1) is 0 Å². The van der Waals surface area contributed by atoms with Crippen molar-refractivity contribution in [3.63, 3.8) is 0 Å². The molecule has 1 aromatic heterocycles. The molecule has 0 amide bonds. The summed E-state index contributed by atoms with van der Waals surface area (Å²) in [5, 5.41) is 12.5. The van der Waals surface area contributed by atoms with E-state index in [1.165, 1.54) is 13.2 Å². The van der Waals surface area contributed by atoms with Crippen molar-refractivity contribution in [1.29, 1.82) is 0 Å². The molecule has 0 unspecified atom stereocenters. The van der Waals surface area contributed by atoms with Gasteiger partial charge in [0.15, 0.2) is 5.69 Å². The molecule has 0 fully saturated rings. The van der Waals surface area contributed by atoms with Crippen LogP contribution in [-0.2, 0) is 20.9 Å². The summed E-state index contributed by atoms with van der Waals surface area (Å²) in [5.41, 5.74) is 0.204. The summed E-state index contributed by atoms with van der Waals surface area (Å²) in [6, 6.07) is 4.67. The Morgan fingerprint density at radius 1 is 1.30 bits per heavy atom. The lowest BCUT2D eigenvalue weighted by Crippen LogP contribution is -2.38. The average Bonchev–Trinajstić information content (AvgIpc) is 2.58. The topological polar surface area (TPSA) is 102 Å². The number of aromatic nitrogens is 2. The fraction of sp³-hybridized carbons (Fsp3) is 0.333. The molecule has 1 heterocycles. The van der Waals surface area contributed by atoms with Gasteiger partial charge in [-0.1, -0.05) is 6.92 Å². The Hall–Kier alpha value is -2.90. The van der Waals surface area contributed by atoms with E-state index in [2.05, 4.69) is 9.72 Å². The first-order valence-corrected chi connectivity index (χ1v) is 6.86. The molecule has 8 heteroatoms. The number of carbonyl (C=O) groups excluding carboxylic acids is 2. The van der Waals surface area contributed by atoms with Crippen LogP contribution in [0.5, 0.6) is 5.75 Å². The van der Waals surface area contributed by atoms with Crippen LogP contribution in [0.25, 0.3) is 11.0 Å². The van der Waals surface area contributed by atoms with Crippen LogP contribution in [0, 0.1) is 5.21 Å². The van der Waals surface area contributed by atoms with Gasteiger partial charge >= 0.3 is 17.6 Å². The van der Waals surface area contributed by atoms with Gasteiger partial charge in [0.1, 0.15) is 17.9 Å². The van der Waals surface area contributed by atoms with E-state index in [9.17, 15) is 14.8 Å². The zero-order valence-electron chi connectivity index (χ0n) is 13.0. The average molecular weight is 320 g/mol. The van der Waals surface area contributed by atoms with Crippen molar-refractivity contribution in [2.45, 2.75) is 20.0 Å². The minimum atomic E-state index is -0.861. The first kappa shape index (κ1) is 16.5. The second-order valence-corrected chi connectivity index (χ2v) is 4.56. The van der Waals surface area contributed by atoms with E-state index in [0.29, 0.717) is 16.0 Å². The van der Waals surface area contributed by atoms with E-state index >= 15 is 0 Å². The van der Waals surface area contributed by atoms with E-state index < -0.39 is 11.9 Å². The highest BCUT2D eigenvalue weighted by atomic mass is 16.5. The van der Waals surface area contributed by atoms with Gasteiger partial charge in [-0.25, -0.2) is 9.78 Å². The molecule has 0 saturated heterocycles. The summed E-state index contributed by atoms with van der Waals surface area (Å²) in [6.07, 6.45) is 0.176. The molecular weight excluding hydrogens is 304 g/mol.